The number of hydrogen-bond acceptors (Lipinski definition) is 3. The molecule has 0 bridgehead atoms. The van der Waals surface area contributed by atoms with Crippen LogP contribution in [0.15, 0.2) is 42.6 Å². The van der Waals surface area contributed by atoms with Gasteiger partial charge in [0.05, 0.1) is 12.8 Å². The van der Waals surface area contributed by atoms with Crippen LogP contribution in [0.25, 0.3) is 11.3 Å². The highest BCUT2D eigenvalue weighted by Crippen LogP contribution is 2.25. The van der Waals surface area contributed by atoms with Crippen LogP contribution < -0.4 is 10.1 Å². The Kier molecular flexibility index (Phi) is 4.31. The average molecular weight is 242 g/mol. The molecule has 2 rings (SSSR count). The zero-order valence-electron chi connectivity index (χ0n) is 10.8. The number of ether oxygens (including phenoxy) is 1. The third-order valence-corrected chi connectivity index (χ3v) is 2.82. The molecule has 0 saturated heterocycles. The summed E-state index contributed by atoms with van der Waals surface area (Å²) in [5.74, 6) is 0.877. The van der Waals surface area contributed by atoms with Crippen LogP contribution in [-0.4, -0.2) is 18.6 Å². The Morgan fingerprint density at radius 1 is 1.22 bits per heavy atom. The van der Waals surface area contributed by atoms with Crippen molar-refractivity contribution in [2.24, 2.45) is 0 Å². The Balaban J connectivity index is 2.39. The van der Waals surface area contributed by atoms with Gasteiger partial charge in [0.2, 0.25) is 0 Å². The SMILES string of the molecule is CCNCc1cc(OC)ccc1-c1ccccn1. The number of nitrogens with zero attached hydrogens (tertiary/aromatic N) is 1. The van der Waals surface area contributed by atoms with Crippen molar-refractivity contribution in [3.8, 4) is 17.0 Å². The van der Waals surface area contributed by atoms with E-state index < -0.39 is 0 Å². The summed E-state index contributed by atoms with van der Waals surface area (Å²) in [7, 11) is 1.69. The van der Waals surface area contributed by atoms with Gasteiger partial charge in [-0.15, -0.1) is 0 Å². The van der Waals surface area contributed by atoms with E-state index in [1.54, 1.807) is 7.11 Å². The van der Waals surface area contributed by atoms with Crippen LogP contribution in [0.4, 0.5) is 0 Å². The molecular formula is C15H18N2O. The Morgan fingerprint density at radius 3 is 2.78 bits per heavy atom. The van der Waals surface area contributed by atoms with Gasteiger partial charge in [-0.25, -0.2) is 0 Å². The third-order valence-electron chi connectivity index (χ3n) is 2.82. The predicted octanol–water partition coefficient (Wildman–Crippen LogP) is 2.87. The molecule has 3 nitrogen and oxygen atoms in total. The number of pyridine rings is 1. The monoisotopic (exact) mass is 242 g/mol. The van der Waals surface area contributed by atoms with Gasteiger partial charge in [-0.3, -0.25) is 4.98 Å². The van der Waals surface area contributed by atoms with Gasteiger partial charge < -0.3 is 10.1 Å². The van der Waals surface area contributed by atoms with Gasteiger partial charge in [0, 0.05) is 18.3 Å². The number of aromatic nitrogens is 1. The Morgan fingerprint density at radius 2 is 2.11 bits per heavy atom. The number of benzene rings is 1. The normalized spacial score (nSPS) is 10.3. The second-order valence-corrected chi connectivity index (χ2v) is 4.02. The Hall–Kier alpha value is -1.87. The highest BCUT2D eigenvalue weighted by Gasteiger charge is 2.07. The quantitative estimate of drug-likeness (QED) is 0.875. The lowest BCUT2D eigenvalue weighted by Crippen LogP contribution is -2.12. The minimum absolute atomic E-state index is 0.819. The van der Waals surface area contributed by atoms with Crippen molar-refractivity contribution in [2.75, 3.05) is 13.7 Å². The van der Waals surface area contributed by atoms with E-state index in [0.717, 1.165) is 30.1 Å². The van der Waals surface area contributed by atoms with E-state index >= 15 is 0 Å². The molecule has 0 amide bonds. The van der Waals surface area contributed by atoms with Crippen LogP contribution >= 0.6 is 0 Å². The van der Waals surface area contributed by atoms with Crippen molar-refractivity contribution in [3.05, 3.63) is 48.2 Å². The molecule has 0 unspecified atom stereocenters. The number of hydrogen-bond donors (Lipinski definition) is 1. The Bertz CT molecular complexity index is 497. The molecule has 0 aliphatic rings. The van der Waals surface area contributed by atoms with Gasteiger partial charge in [-0.05, 0) is 42.4 Å². The highest BCUT2D eigenvalue weighted by atomic mass is 16.5. The fourth-order valence-electron chi connectivity index (χ4n) is 1.87. The van der Waals surface area contributed by atoms with Crippen LogP contribution in [0.1, 0.15) is 12.5 Å². The van der Waals surface area contributed by atoms with Crippen molar-refractivity contribution in [1.29, 1.82) is 0 Å². The van der Waals surface area contributed by atoms with Crippen molar-refractivity contribution in [2.45, 2.75) is 13.5 Å². The maximum atomic E-state index is 5.28. The van der Waals surface area contributed by atoms with E-state index in [1.807, 2.05) is 30.5 Å². The first-order chi connectivity index (χ1) is 8.85. The molecule has 0 spiro atoms. The van der Waals surface area contributed by atoms with E-state index in [4.69, 9.17) is 4.74 Å². The molecule has 0 aliphatic heterocycles. The fourth-order valence-corrected chi connectivity index (χ4v) is 1.87. The maximum absolute atomic E-state index is 5.28. The van der Waals surface area contributed by atoms with Crippen molar-refractivity contribution < 1.29 is 4.74 Å². The van der Waals surface area contributed by atoms with E-state index in [2.05, 4.69) is 29.4 Å². The number of methoxy groups -OCH3 is 1. The summed E-state index contributed by atoms with van der Waals surface area (Å²) in [5, 5.41) is 3.34. The third kappa shape index (κ3) is 2.87. The van der Waals surface area contributed by atoms with E-state index in [-0.39, 0.29) is 0 Å². The smallest absolute Gasteiger partial charge is 0.119 e. The minimum atomic E-state index is 0.819. The number of rotatable bonds is 5. The molecular weight excluding hydrogens is 224 g/mol. The summed E-state index contributed by atoms with van der Waals surface area (Å²) in [4.78, 5) is 4.40. The van der Waals surface area contributed by atoms with Gasteiger partial charge in [-0.1, -0.05) is 13.0 Å². The van der Waals surface area contributed by atoms with Gasteiger partial charge in [0.1, 0.15) is 5.75 Å². The molecule has 0 radical (unpaired) electrons. The van der Waals surface area contributed by atoms with Crippen LogP contribution in [0.3, 0.4) is 0 Å². The molecule has 18 heavy (non-hydrogen) atoms. The zero-order chi connectivity index (χ0) is 12.8. The summed E-state index contributed by atoms with van der Waals surface area (Å²) in [6.45, 7) is 3.86. The summed E-state index contributed by atoms with van der Waals surface area (Å²) in [6, 6.07) is 12.1. The van der Waals surface area contributed by atoms with Crippen molar-refractivity contribution in [3.63, 3.8) is 0 Å². The lowest BCUT2D eigenvalue weighted by molar-refractivity contribution is 0.414. The first-order valence-corrected chi connectivity index (χ1v) is 6.14. The van der Waals surface area contributed by atoms with Gasteiger partial charge in [0.25, 0.3) is 0 Å². The van der Waals surface area contributed by atoms with Crippen LogP contribution in [0, 0.1) is 0 Å². The number of nitrogens with one attached hydrogen (secondary N) is 1. The molecule has 0 atom stereocenters. The standard InChI is InChI=1S/C15H18N2O/c1-3-16-11-12-10-13(18-2)7-8-14(12)15-6-4-5-9-17-15/h4-10,16H,3,11H2,1-2H3. The highest BCUT2D eigenvalue weighted by molar-refractivity contribution is 5.64. The van der Waals surface area contributed by atoms with Crippen LogP contribution in [0.2, 0.25) is 0 Å². The molecule has 94 valence electrons. The lowest BCUT2D eigenvalue weighted by Gasteiger charge is -2.11. The second-order valence-electron chi connectivity index (χ2n) is 4.02. The Labute approximate surface area is 108 Å². The molecule has 0 saturated carbocycles. The maximum Gasteiger partial charge on any atom is 0.119 e. The van der Waals surface area contributed by atoms with Crippen LogP contribution in [-0.2, 0) is 6.54 Å². The first kappa shape index (κ1) is 12.6. The zero-order valence-corrected chi connectivity index (χ0v) is 10.8. The van der Waals surface area contributed by atoms with Gasteiger partial charge >= 0.3 is 0 Å². The van der Waals surface area contributed by atoms with E-state index in [1.165, 1.54) is 5.56 Å². The van der Waals surface area contributed by atoms with Crippen LogP contribution in [0.5, 0.6) is 5.75 Å². The first-order valence-electron chi connectivity index (χ1n) is 6.14. The molecule has 1 aromatic heterocycles. The topological polar surface area (TPSA) is 34.1 Å². The largest absolute Gasteiger partial charge is 0.497 e. The second kappa shape index (κ2) is 6.17. The lowest BCUT2D eigenvalue weighted by atomic mass is 10.0. The summed E-state index contributed by atoms with van der Waals surface area (Å²) < 4.78 is 5.28. The molecule has 1 N–H and O–H groups in total. The fraction of sp³-hybridized carbons (Fsp3) is 0.267. The minimum Gasteiger partial charge on any atom is -0.497 e. The molecule has 1 aromatic carbocycles. The molecule has 0 fully saturated rings. The molecule has 3 heteroatoms. The van der Waals surface area contributed by atoms with E-state index in [0.29, 0.717) is 0 Å². The molecule has 1 heterocycles. The van der Waals surface area contributed by atoms with Gasteiger partial charge in [0.15, 0.2) is 0 Å². The van der Waals surface area contributed by atoms with Gasteiger partial charge in [-0.2, -0.15) is 0 Å². The average Bonchev–Trinajstić information content (AvgIpc) is 2.45. The van der Waals surface area contributed by atoms with Crippen molar-refractivity contribution >= 4 is 0 Å². The molecule has 0 aliphatic carbocycles. The summed E-state index contributed by atoms with van der Waals surface area (Å²) >= 11 is 0. The van der Waals surface area contributed by atoms with Crippen molar-refractivity contribution in [1.82, 2.24) is 10.3 Å². The summed E-state index contributed by atoms with van der Waals surface area (Å²) in [5.41, 5.74) is 3.35. The van der Waals surface area contributed by atoms with E-state index in [9.17, 15) is 0 Å². The molecule has 2 aromatic rings. The summed E-state index contributed by atoms with van der Waals surface area (Å²) in [6.07, 6.45) is 1.82. The predicted molar refractivity (Wildman–Crippen MR) is 73.6 cm³/mol.